The number of carboxylic acid groups (broad SMARTS) is 1. The fourth-order valence-corrected chi connectivity index (χ4v) is 4.23. The SMILES string of the molecule is CC(C)(C(=O)O)c1ccc(Oc2nc3nc(-c4ccc(N5CCOCC5)cc4)c(C(F)(F)F)cc3[nH]2)cc1. The Kier molecular flexibility index (Phi) is 6.47. The van der Waals surface area contributed by atoms with Crippen molar-refractivity contribution in [3.8, 4) is 23.0 Å². The zero-order valence-electron chi connectivity index (χ0n) is 20.7. The van der Waals surface area contributed by atoms with E-state index in [0.717, 1.165) is 11.8 Å². The minimum Gasteiger partial charge on any atom is -0.481 e. The van der Waals surface area contributed by atoms with Gasteiger partial charge in [-0.3, -0.25) is 4.79 Å². The summed E-state index contributed by atoms with van der Waals surface area (Å²) in [5, 5.41) is 9.40. The van der Waals surface area contributed by atoms with E-state index in [4.69, 9.17) is 9.47 Å². The molecule has 11 heteroatoms. The molecule has 5 rings (SSSR count). The third-order valence-corrected chi connectivity index (χ3v) is 6.60. The Bertz CT molecular complexity index is 1460. The summed E-state index contributed by atoms with van der Waals surface area (Å²) in [5.41, 5.74) is -0.266. The second kappa shape index (κ2) is 9.64. The molecule has 38 heavy (non-hydrogen) atoms. The number of rotatable bonds is 6. The normalized spacial score (nSPS) is 14.6. The first-order chi connectivity index (χ1) is 18.0. The van der Waals surface area contributed by atoms with E-state index in [1.165, 1.54) is 0 Å². The molecule has 0 amide bonds. The highest BCUT2D eigenvalue weighted by Crippen LogP contribution is 2.38. The Morgan fingerprint density at radius 3 is 2.29 bits per heavy atom. The number of nitrogens with one attached hydrogen (secondary N) is 1. The average Bonchev–Trinajstić information content (AvgIpc) is 3.29. The highest BCUT2D eigenvalue weighted by molar-refractivity contribution is 5.80. The number of imidazole rings is 1. The van der Waals surface area contributed by atoms with Gasteiger partial charge in [-0.15, -0.1) is 0 Å². The fraction of sp³-hybridized carbons (Fsp3) is 0.296. The van der Waals surface area contributed by atoms with E-state index in [1.807, 2.05) is 0 Å². The van der Waals surface area contributed by atoms with Gasteiger partial charge in [0.05, 0.1) is 35.4 Å². The number of aromatic nitrogens is 3. The number of nitrogens with zero attached hydrogens (tertiary/aromatic N) is 3. The molecule has 8 nitrogen and oxygen atoms in total. The minimum absolute atomic E-state index is 0.0364. The Balaban J connectivity index is 1.45. The summed E-state index contributed by atoms with van der Waals surface area (Å²) < 4.78 is 53.1. The van der Waals surface area contributed by atoms with Crippen molar-refractivity contribution in [2.75, 3.05) is 31.2 Å². The van der Waals surface area contributed by atoms with Gasteiger partial charge in [-0.1, -0.05) is 24.3 Å². The summed E-state index contributed by atoms with van der Waals surface area (Å²) in [6.07, 6.45) is -4.64. The molecule has 0 saturated carbocycles. The molecule has 2 aromatic carbocycles. The lowest BCUT2D eigenvalue weighted by atomic mass is 9.85. The van der Waals surface area contributed by atoms with Crippen LogP contribution < -0.4 is 9.64 Å². The quantitative estimate of drug-likeness (QED) is 0.336. The van der Waals surface area contributed by atoms with E-state index < -0.39 is 23.1 Å². The van der Waals surface area contributed by atoms with Crippen LogP contribution in [0.25, 0.3) is 22.4 Å². The van der Waals surface area contributed by atoms with E-state index in [1.54, 1.807) is 62.4 Å². The minimum atomic E-state index is -4.64. The fourth-order valence-electron chi connectivity index (χ4n) is 4.23. The lowest BCUT2D eigenvalue weighted by Crippen LogP contribution is -2.36. The molecule has 1 aliphatic rings. The van der Waals surface area contributed by atoms with E-state index in [9.17, 15) is 23.1 Å². The molecular weight excluding hydrogens is 501 g/mol. The van der Waals surface area contributed by atoms with Gasteiger partial charge in [-0.05, 0) is 49.7 Å². The van der Waals surface area contributed by atoms with Crippen LogP contribution in [0.4, 0.5) is 18.9 Å². The number of morpholine rings is 1. The maximum absolute atomic E-state index is 14.0. The van der Waals surface area contributed by atoms with Crippen molar-refractivity contribution in [1.82, 2.24) is 15.0 Å². The van der Waals surface area contributed by atoms with Crippen molar-refractivity contribution >= 4 is 22.8 Å². The molecule has 0 aliphatic carbocycles. The third-order valence-electron chi connectivity index (χ3n) is 6.60. The smallest absolute Gasteiger partial charge is 0.418 e. The molecule has 0 spiro atoms. The summed E-state index contributed by atoms with van der Waals surface area (Å²) in [7, 11) is 0. The highest BCUT2D eigenvalue weighted by atomic mass is 19.4. The number of fused-ring (bicyclic) bond motifs is 1. The van der Waals surface area contributed by atoms with Crippen molar-refractivity contribution in [2.45, 2.75) is 25.4 Å². The molecule has 0 bridgehead atoms. The summed E-state index contributed by atoms with van der Waals surface area (Å²) in [5.74, 6) is -0.634. The second-order valence-corrected chi connectivity index (χ2v) is 9.50. The monoisotopic (exact) mass is 526 g/mol. The van der Waals surface area contributed by atoms with E-state index in [0.29, 0.717) is 43.2 Å². The Hall–Kier alpha value is -4.12. The van der Waals surface area contributed by atoms with E-state index >= 15 is 0 Å². The molecule has 2 aromatic heterocycles. The molecular formula is C27H25F3N4O4. The molecule has 0 unspecified atom stereocenters. The zero-order valence-corrected chi connectivity index (χ0v) is 20.7. The molecule has 3 heterocycles. The molecule has 1 saturated heterocycles. The molecule has 1 aliphatic heterocycles. The van der Waals surface area contributed by atoms with Crippen LogP contribution in [0, 0.1) is 0 Å². The molecule has 2 N–H and O–H groups in total. The zero-order chi connectivity index (χ0) is 27.1. The van der Waals surface area contributed by atoms with Crippen molar-refractivity contribution in [2.24, 2.45) is 0 Å². The highest BCUT2D eigenvalue weighted by Gasteiger charge is 2.36. The van der Waals surface area contributed by atoms with Gasteiger partial charge in [0.25, 0.3) is 0 Å². The first kappa shape index (κ1) is 25.5. The average molecular weight is 527 g/mol. The summed E-state index contributed by atoms with van der Waals surface area (Å²) in [6.45, 7) is 5.81. The molecule has 198 valence electrons. The Labute approximate surface area is 216 Å². The predicted molar refractivity (Wildman–Crippen MR) is 135 cm³/mol. The van der Waals surface area contributed by atoms with Gasteiger partial charge >= 0.3 is 18.2 Å². The number of pyridine rings is 1. The number of ether oxygens (including phenoxy) is 2. The van der Waals surface area contributed by atoms with Gasteiger partial charge in [0, 0.05) is 24.3 Å². The van der Waals surface area contributed by atoms with Crippen molar-refractivity contribution in [3.05, 3.63) is 65.7 Å². The number of benzene rings is 2. The third kappa shape index (κ3) is 5.01. The first-order valence-corrected chi connectivity index (χ1v) is 12.0. The molecule has 0 atom stereocenters. The van der Waals surface area contributed by atoms with Gasteiger partial charge in [0.1, 0.15) is 5.75 Å². The van der Waals surface area contributed by atoms with Crippen LogP contribution >= 0.6 is 0 Å². The summed E-state index contributed by atoms with van der Waals surface area (Å²) in [6, 6.07) is 14.1. The lowest BCUT2D eigenvalue weighted by Gasteiger charge is -2.29. The topological polar surface area (TPSA) is 101 Å². The predicted octanol–water partition coefficient (Wildman–Crippen LogP) is 5.63. The van der Waals surface area contributed by atoms with Gasteiger partial charge in [-0.2, -0.15) is 18.2 Å². The number of halogens is 3. The number of hydrogen-bond donors (Lipinski definition) is 2. The maximum atomic E-state index is 14.0. The largest absolute Gasteiger partial charge is 0.481 e. The first-order valence-electron chi connectivity index (χ1n) is 12.0. The Morgan fingerprint density at radius 1 is 1.03 bits per heavy atom. The maximum Gasteiger partial charge on any atom is 0.418 e. The summed E-state index contributed by atoms with van der Waals surface area (Å²) >= 11 is 0. The van der Waals surface area contributed by atoms with Gasteiger partial charge in [-0.25, -0.2) is 4.98 Å². The van der Waals surface area contributed by atoms with Crippen LogP contribution in [0.5, 0.6) is 11.8 Å². The van der Waals surface area contributed by atoms with Crippen LogP contribution in [-0.2, 0) is 21.1 Å². The van der Waals surface area contributed by atoms with Gasteiger partial charge < -0.3 is 24.5 Å². The van der Waals surface area contributed by atoms with Crippen LogP contribution in [0.3, 0.4) is 0 Å². The number of carbonyl (C=O) groups is 1. The van der Waals surface area contributed by atoms with Crippen molar-refractivity contribution < 1.29 is 32.5 Å². The van der Waals surface area contributed by atoms with Gasteiger partial charge in [0.15, 0.2) is 5.65 Å². The van der Waals surface area contributed by atoms with Crippen LogP contribution in [0.15, 0.2) is 54.6 Å². The number of hydrogen-bond acceptors (Lipinski definition) is 6. The van der Waals surface area contributed by atoms with Crippen molar-refractivity contribution in [3.63, 3.8) is 0 Å². The number of alkyl halides is 3. The van der Waals surface area contributed by atoms with Gasteiger partial charge in [0.2, 0.25) is 0 Å². The second-order valence-electron chi connectivity index (χ2n) is 9.50. The molecule has 1 fully saturated rings. The number of anilines is 1. The van der Waals surface area contributed by atoms with Crippen LogP contribution in [-0.4, -0.2) is 52.3 Å². The van der Waals surface area contributed by atoms with E-state index in [-0.39, 0.29) is 22.9 Å². The number of aromatic amines is 1. The molecule has 4 aromatic rings. The number of aliphatic carboxylic acids is 1. The number of H-pyrrole nitrogens is 1. The standard InChI is InChI=1S/C27H25F3N4O4/c1-26(2,24(35)36)17-5-9-19(10-6-17)38-25-31-21-15-20(27(28,29)30)22(32-23(21)33-25)16-3-7-18(8-4-16)34-11-13-37-14-12-34/h3-10,15H,11-14H2,1-2H3,(H,35,36)(H,31,32,33). The lowest BCUT2D eigenvalue weighted by molar-refractivity contribution is -0.142. The van der Waals surface area contributed by atoms with Crippen LogP contribution in [0.1, 0.15) is 25.0 Å². The Morgan fingerprint density at radius 2 is 1.68 bits per heavy atom. The van der Waals surface area contributed by atoms with Crippen molar-refractivity contribution in [1.29, 1.82) is 0 Å². The molecule has 0 radical (unpaired) electrons. The number of carboxylic acids is 1. The van der Waals surface area contributed by atoms with E-state index in [2.05, 4.69) is 19.9 Å². The summed E-state index contributed by atoms with van der Waals surface area (Å²) in [4.78, 5) is 24.8. The van der Waals surface area contributed by atoms with Crippen LogP contribution in [0.2, 0.25) is 0 Å².